The highest BCUT2D eigenvalue weighted by molar-refractivity contribution is 4.79. The molecule has 2 nitrogen and oxygen atoms in total. The molecule has 72 valence electrons. The van der Waals surface area contributed by atoms with Crippen LogP contribution in [-0.2, 0) is 9.47 Å². The van der Waals surface area contributed by atoms with Crippen molar-refractivity contribution in [1.82, 2.24) is 0 Å². The molecule has 0 atom stereocenters. The highest BCUT2D eigenvalue weighted by atomic mass is 16.5. The number of allylic oxidation sites excluding steroid dienone is 1. The molecule has 1 rings (SSSR count). The summed E-state index contributed by atoms with van der Waals surface area (Å²) in [6.07, 6.45) is 2.96. The van der Waals surface area contributed by atoms with Gasteiger partial charge in [-0.1, -0.05) is 19.9 Å². The molecular weight excluding hydrogens is 152 g/mol. The Morgan fingerprint density at radius 3 is 2.17 bits per heavy atom. The van der Waals surface area contributed by atoms with E-state index in [2.05, 4.69) is 20.4 Å². The Kier molecular flexibility index (Phi) is 6.03. The molecule has 0 aromatic heterocycles. The Morgan fingerprint density at radius 1 is 1.58 bits per heavy atom. The SMILES string of the molecule is C=CCC.COCC1(C)COC1. The van der Waals surface area contributed by atoms with Gasteiger partial charge in [0.1, 0.15) is 0 Å². The molecule has 0 amide bonds. The summed E-state index contributed by atoms with van der Waals surface area (Å²) in [6, 6.07) is 0. The average Bonchev–Trinajstić information content (AvgIpc) is 2.03. The van der Waals surface area contributed by atoms with Crippen LogP contribution in [0.25, 0.3) is 0 Å². The van der Waals surface area contributed by atoms with E-state index in [4.69, 9.17) is 9.47 Å². The van der Waals surface area contributed by atoms with Gasteiger partial charge >= 0.3 is 0 Å². The number of hydrogen-bond donors (Lipinski definition) is 0. The van der Waals surface area contributed by atoms with E-state index in [1.807, 2.05) is 6.08 Å². The summed E-state index contributed by atoms with van der Waals surface area (Å²) in [5.41, 5.74) is 0.328. The molecule has 0 unspecified atom stereocenters. The van der Waals surface area contributed by atoms with Crippen molar-refractivity contribution in [1.29, 1.82) is 0 Å². The molecule has 0 aliphatic carbocycles. The molecule has 1 aliphatic heterocycles. The predicted molar refractivity (Wildman–Crippen MR) is 51.3 cm³/mol. The van der Waals surface area contributed by atoms with Crippen molar-refractivity contribution >= 4 is 0 Å². The quantitative estimate of drug-likeness (QED) is 0.608. The predicted octanol–water partition coefficient (Wildman–Crippen LogP) is 2.25. The van der Waals surface area contributed by atoms with Crippen LogP contribution in [0.5, 0.6) is 0 Å². The van der Waals surface area contributed by atoms with Gasteiger partial charge in [-0.2, -0.15) is 0 Å². The smallest absolute Gasteiger partial charge is 0.0564 e. The van der Waals surface area contributed by atoms with Crippen LogP contribution >= 0.6 is 0 Å². The van der Waals surface area contributed by atoms with Gasteiger partial charge in [-0.15, -0.1) is 6.58 Å². The second-order valence-electron chi connectivity index (χ2n) is 3.43. The van der Waals surface area contributed by atoms with Gasteiger partial charge in [0, 0.05) is 12.5 Å². The van der Waals surface area contributed by atoms with Crippen molar-refractivity contribution in [2.24, 2.45) is 5.41 Å². The van der Waals surface area contributed by atoms with Gasteiger partial charge in [0.2, 0.25) is 0 Å². The summed E-state index contributed by atoms with van der Waals surface area (Å²) < 4.78 is 9.98. The molecule has 0 saturated carbocycles. The monoisotopic (exact) mass is 172 g/mol. The minimum absolute atomic E-state index is 0.328. The molecule has 2 heteroatoms. The molecule has 0 aromatic carbocycles. The summed E-state index contributed by atoms with van der Waals surface area (Å²) in [5.74, 6) is 0. The van der Waals surface area contributed by atoms with Gasteiger partial charge in [-0.05, 0) is 6.42 Å². The lowest BCUT2D eigenvalue weighted by Gasteiger charge is -2.37. The van der Waals surface area contributed by atoms with Crippen molar-refractivity contribution in [3.05, 3.63) is 12.7 Å². The van der Waals surface area contributed by atoms with Crippen LogP contribution in [0.4, 0.5) is 0 Å². The highest BCUT2D eigenvalue weighted by Gasteiger charge is 2.32. The number of ether oxygens (including phenoxy) is 2. The topological polar surface area (TPSA) is 18.5 Å². The zero-order chi connectivity index (χ0) is 9.45. The number of rotatable bonds is 3. The second-order valence-corrected chi connectivity index (χ2v) is 3.43. The fourth-order valence-electron chi connectivity index (χ4n) is 0.882. The Balaban J connectivity index is 0.000000261. The number of hydrogen-bond acceptors (Lipinski definition) is 2. The first-order valence-corrected chi connectivity index (χ1v) is 4.36. The molecule has 1 heterocycles. The molecule has 0 aromatic rings. The van der Waals surface area contributed by atoms with E-state index in [0.29, 0.717) is 5.41 Å². The van der Waals surface area contributed by atoms with Gasteiger partial charge in [-0.3, -0.25) is 0 Å². The van der Waals surface area contributed by atoms with Gasteiger partial charge < -0.3 is 9.47 Å². The molecular formula is C10H20O2. The summed E-state index contributed by atoms with van der Waals surface area (Å²) in [7, 11) is 1.73. The van der Waals surface area contributed by atoms with Crippen LogP contribution in [0, 0.1) is 5.41 Å². The highest BCUT2D eigenvalue weighted by Crippen LogP contribution is 2.25. The standard InChI is InChI=1S/C6H12O2.C4H8/c1-6(3-7-2)4-8-5-6;1-3-4-2/h3-5H2,1-2H3;3H,1,4H2,2H3. The molecule has 1 fully saturated rings. The molecule has 1 saturated heterocycles. The zero-order valence-electron chi connectivity index (χ0n) is 8.43. The largest absolute Gasteiger partial charge is 0.384 e. The van der Waals surface area contributed by atoms with Gasteiger partial charge in [0.05, 0.1) is 19.8 Å². The van der Waals surface area contributed by atoms with Crippen LogP contribution in [0.2, 0.25) is 0 Å². The molecule has 1 aliphatic rings. The Labute approximate surface area is 75.6 Å². The minimum Gasteiger partial charge on any atom is -0.384 e. The van der Waals surface area contributed by atoms with Crippen molar-refractivity contribution in [3.63, 3.8) is 0 Å². The molecule has 0 bridgehead atoms. The van der Waals surface area contributed by atoms with Gasteiger partial charge in [0.15, 0.2) is 0 Å². The Bertz CT molecular complexity index is 117. The molecule has 0 spiro atoms. The van der Waals surface area contributed by atoms with Crippen molar-refractivity contribution in [3.8, 4) is 0 Å². The average molecular weight is 172 g/mol. The van der Waals surface area contributed by atoms with E-state index in [-0.39, 0.29) is 0 Å². The first-order valence-electron chi connectivity index (χ1n) is 4.36. The fourth-order valence-corrected chi connectivity index (χ4v) is 0.882. The van der Waals surface area contributed by atoms with E-state index in [1.165, 1.54) is 0 Å². The molecule has 0 radical (unpaired) electrons. The van der Waals surface area contributed by atoms with Gasteiger partial charge in [0.25, 0.3) is 0 Å². The minimum atomic E-state index is 0.328. The van der Waals surface area contributed by atoms with Crippen LogP contribution in [0.1, 0.15) is 20.3 Å². The van der Waals surface area contributed by atoms with Crippen LogP contribution in [0.15, 0.2) is 12.7 Å². The van der Waals surface area contributed by atoms with E-state index in [0.717, 1.165) is 26.2 Å². The second kappa shape index (κ2) is 6.21. The normalized spacial score (nSPS) is 18.6. The van der Waals surface area contributed by atoms with Crippen molar-refractivity contribution in [2.75, 3.05) is 26.9 Å². The van der Waals surface area contributed by atoms with Crippen LogP contribution < -0.4 is 0 Å². The first-order chi connectivity index (χ1) is 5.68. The van der Waals surface area contributed by atoms with E-state index in [9.17, 15) is 0 Å². The van der Waals surface area contributed by atoms with Crippen molar-refractivity contribution < 1.29 is 9.47 Å². The lowest BCUT2D eigenvalue weighted by atomic mass is 9.90. The fraction of sp³-hybridized carbons (Fsp3) is 0.800. The maximum Gasteiger partial charge on any atom is 0.0564 e. The lowest BCUT2D eigenvalue weighted by molar-refractivity contribution is -0.131. The molecule has 12 heavy (non-hydrogen) atoms. The maximum atomic E-state index is 5.01. The van der Waals surface area contributed by atoms with Crippen LogP contribution in [-0.4, -0.2) is 26.9 Å². The maximum absolute atomic E-state index is 5.01. The van der Waals surface area contributed by atoms with Crippen LogP contribution in [0.3, 0.4) is 0 Å². The van der Waals surface area contributed by atoms with E-state index < -0.39 is 0 Å². The third-order valence-electron chi connectivity index (χ3n) is 1.68. The third kappa shape index (κ3) is 4.52. The Morgan fingerprint density at radius 2 is 2.08 bits per heavy atom. The van der Waals surface area contributed by atoms with Gasteiger partial charge in [-0.25, -0.2) is 0 Å². The Hall–Kier alpha value is -0.340. The first kappa shape index (κ1) is 11.7. The summed E-state index contributed by atoms with van der Waals surface area (Å²) >= 11 is 0. The summed E-state index contributed by atoms with van der Waals surface area (Å²) in [6.45, 7) is 10.3. The summed E-state index contributed by atoms with van der Waals surface area (Å²) in [4.78, 5) is 0. The van der Waals surface area contributed by atoms with E-state index in [1.54, 1.807) is 7.11 Å². The zero-order valence-corrected chi connectivity index (χ0v) is 8.43. The third-order valence-corrected chi connectivity index (χ3v) is 1.68. The lowest BCUT2D eigenvalue weighted by Crippen LogP contribution is -2.43. The number of methoxy groups -OCH3 is 1. The molecule has 0 N–H and O–H groups in total. The van der Waals surface area contributed by atoms with Crippen molar-refractivity contribution in [2.45, 2.75) is 20.3 Å². The van der Waals surface area contributed by atoms with E-state index >= 15 is 0 Å². The summed E-state index contributed by atoms with van der Waals surface area (Å²) in [5, 5.41) is 0.